The first-order valence-corrected chi connectivity index (χ1v) is 21.1. The topological polar surface area (TPSA) is 34.1 Å². The summed E-state index contributed by atoms with van der Waals surface area (Å²) in [4.78, 5) is 0. The number of hydrogen-bond donors (Lipinski definition) is 0. The molecule has 2 aromatic carbocycles. The molecular formula is C36H52O2P2. The fourth-order valence-corrected chi connectivity index (χ4v) is 19.8. The molecule has 218 valence electrons. The van der Waals surface area contributed by atoms with E-state index in [1.165, 1.54) is 110 Å². The fourth-order valence-electron chi connectivity index (χ4n) is 10.1. The highest BCUT2D eigenvalue weighted by Gasteiger charge is 2.50. The second-order valence-electron chi connectivity index (χ2n) is 14.3. The van der Waals surface area contributed by atoms with Crippen LogP contribution in [-0.2, 0) is 22.0 Å². The van der Waals surface area contributed by atoms with Gasteiger partial charge in [-0.15, -0.1) is 0 Å². The van der Waals surface area contributed by atoms with Crippen LogP contribution in [0.5, 0.6) is 0 Å². The molecule has 0 heterocycles. The standard InChI is InChI=1S/C36H52O2P2/c37-39(27-15-5-1-6-16-27,28-17-7-2-8-18-28)35-31-23-13-14-24-32(31)36(34-26-25-33(34)35)40(38,29-19-9-3-10-20-29)30-21-11-4-12-22-30/h13-14,23-24,27-30H,1-12,15-22,25-26H2. The van der Waals surface area contributed by atoms with E-state index in [1.807, 2.05) is 0 Å². The number of hydrogen-bond acceptors (Lipinski definition) is 2. The first-order chi connectivity index (χ1) is 19.6. The second kappa shape index (κ2) is 11.7. The molecule has 2 nitrogen and oxygen atoms in total. The van der Waals surface area contributed by atoms with E-state index < -0.39 is 14.3 Å². The monoisotopic (exact) mass is 578 g/mol. The van der Waals surface area contributed by atoms with Gasteiger partial charge in [-0.1, -0.05) is 101 Å². The lowest BCUT2D eigenvalue weighted by Crippen LogP contribution is -2.40. The molecule has 4 saturated carbocycles. The summed E-state index contributed by atoms with van der Waals surface area (Å²) >= 11 is 0. The predicted octanol–water partition coefficient (Wildman–Crippen LogP) is 10.2. The Morgan fingerprint density at radius 1 is 0.425 bits per heavy atom. The lowest BCUT2D eigenvalue weighted by Gasteiger charge is -2.45. The van der Waals surface area contributed by atoms with Crippen LogP contribution in [0.2, 0.25) is 0 Å². The van der Waals surface area contributed by atoms with Gasteiger partial charge in [0.2, 0.25) is 0 Å². The van der Waals surface area contributed by atoms with Crippen molar-refractivity contribution in [2.45, 2.75) is 164 Å². The van der Waals surface area contributed by atoms with Gasteiger partial charge in [-0.05, 0) is 86.1 Å². The van der Waals surface area contributed by atoms with Crippen LogP contribution in [0.25, 0.3) is 10.8 Å². The van der Waals surface area contributed by atoms with Gasteiger partial charge >= 0.3 is 0 Å². The molecule has 4 heteroatoms. The molecule has 0 aromatic heterocycles. The molecule has 0 bridgehead atoms. The minimum absolute atomic E-state index is 0.367. The van der Waals surface area contributed by atoms with E-state index in [2.05, 4.69) is 24.3 Å². The van der Waals surface area contributed by atoms with Crippen LogP contribution in [0.3, 0.4) is 0 Å². The zero-order valence-corrected chi connectivity index (χ0v) is 26.7. The number of fused-ring (bicyclic) bond motifs is 2. The SMILES string of the molecule is O=P(c1c2c(c(P(=O)(C3CCCCC3)C3CCCCC3)c3ccccc13)CC2)(C1CCCCC1)C1CCCCC1. The van der Waals surface area contributed by atoms with Gasteiger partial charge in [0.25, 0.3) is 0 Å². The Hall–Kier alpha value is -0.840. The van der Waals surface area contributed by atoms with Gasteiger partial charge < -0.3 is 9.13 Å². The third-order valence-corrected chi connectivity index (χ3v) is 21.0. The summed E-state index contributed by atoms with van der Waals surface area (Å²) < 4.78 is 32.1. The molecule has 0 atom stereocenters. The van der Waals surface area contributed by atoms with Crippen LogP contribution < -0.4 is 10.6 Å². The number of rotatable bonds is 6. The Bertz CT molecular complexity index is 1160. The zero-order valence-electron chi connectivity index (χ0n) is 24.9. The van der Waals surface area contributed by atoms with Gasteiger partial charge in [0.15, 0.2) is 0 Å². The van der Waals surface area contributed by atoms with Crippen molar-refractivity contribution in [1.82, 2.24) is 0 Å². The van der Waals surface area contributed by atoms with Crippen LogP contribution in [0, 0.1) is 0 Å². The zero-order chi connectivity index (χ0) is 27.2. The van der Waals surface area contributed by atoms with Crippen LogP contribution in [0.15, 0.2) is 24.3 Å². The first-order valence-electron chi connectivity index (χ1n) is 17.4. The first kappa shape index (κ1) is 28.0. The van der Waals surface area contributed by atoms with Crippen molar-refractivity contribution >= 4 is 35.7 Å². The molecule has 0 N–H and O–H groups in total. The second-order valence-corrected chi connectivity index (χ2v) is 20.9. The lowest BCUT2D eigenvalue weighted by atomic mass is 9.85. The molecule has 0 spiro atoms. The average Bonchev–Trinajstić information content (AvgIpc) is 3.02. The molecule has 5 aliphatic rings. The molecule has 0 saturated heterocycles. The van der Waals surface area contributed by atoms with Crippen molar-refractivity contribution < 1.29 is 9.13 Å². The maximum absolute atomic E-state index is 16.0. The minimum atomic E-state index is -2.61. The van der Waals surface area contributed by atoms with Gasteiger partial charge in [-0.2, -0.15) is 0 Å². The third-order valence-electron chi connectivity index (χ3n) is 12.2. The van der Waals surface area contributed by atoms with E-state index in [1.54, 1.807) is 0 Å². The Morgan fingerprint density at radius 3 is 0.950 bits per heavy atom. The summed E-state index contributed by atoms with van der Waals surface area (Å²) in [7, 11) is -5.22. The molecular weight excluding hydrogens is 526 g/mol. The van der Waals surface area contributed by atoms with Crippen LogP contribution in [-0.4, -0.2) is 22.6 Å². The molecule has 0 aliphatic heterocycles. The maximum atomic E-state index is 16.0. The van der Waals surface area contributed by atoms with Crippen LogP contribution in [0.1, 0.15) is 140 Å². The van der Waals surface area contributed by atoms with Crippen molar-refractivity contribution in [3.8, 4) is 0 Å². The summed E-state index contributed by atoms with van der Waals surface area (Å²) in [6.45, 7) is 0. The third kappa shape index (κ3) is 4.57. The van der Waals surface area contributed by atoms with Gasteiger partial charge in [0.05, 0.1) is 0 Å². The van der Waals surface area contributed by atoms with Crippen molar-refractivity contribution in [3.63, 3.8) is 0 Å². The molecule has 7 rings (SSSR count). The molecule has 0 unspecified atom stereocenters. The van der Waals surface area contributed by atoms with E-state index in [-0.39, 0.29) is 0 Å². The quantitative estimate of drug-likeness (QED) is 0.320. The molecule has 0 radical (unpaired) electrons. The maximum Gasteiger partial charge on any atom is 0.122 e. The van der Waals surface area contributed by atoms with Gasteiger partial charge in [0.1, 0.15) is 14.3 Å². The molecule has 40 heavy (non-hydrogen) atoms. The fraction of sp³-hybridized carbons (Fsp3) is 0.722. The summed E-state index contributed by atoms with van der Waals surface area (Å²) in [5.74, 6) is 0. The smallest absolute Gasteiger partial charge is 0.122 e. The predicted molar refractivity (Wildman–Crippen MR) is 173 cm³/mol. The molecule has 2 aromatic rings. The molecule has 4 fully saturated rings. The summed E-state index contributed by atoms with van der Waals surface area (Å²) in [5.41, 5.74) is 4.33. The van der Waals surface area contributed by atoms with E-state index in [9.17, 15) is 0 Å². The van der Waals surface area contributed by atoms with Crippen LogP contribution >= 0.6 is 14.3 Å². The Kier molecular flexibility index (Phi) is 8.17. The van der Waals surface area contributed by atoms with E-state index >= 15 is 9.13 Å². The molecule has 5 aliphatic carbocycles. The van der Waals surface area contributed by atoms with Gasteiger partial charge in [-0.25, -0.2) is 0 Å². The van der Waals surface area contributed by atoms with Crippen molar-refractivity contribution in [2.24, 2.45) is 0 Å². The highest BCUT2D eigenvalue weighted by Crippen LogP contribution is 2.67. The van der Waals surface area contributed by atoms with Crippen molar-refractivity contribution in [3.05, 3.63) is 35.4 Å². The normalized spacial score (nSPS) is 24.6. The Morgan fingerprint density at radius 2 is 0.700 bits per heavy atom. The van der Waals surface area contributed by atoms with E-state index in [0.717, 1.165) is 64.2 Å². The van der Waals surface area contributed by atoms with Gasteiger partial charge in [0, 0.05) is 33.2 Å². The average molecular weight is 579 g/mol. The van der Waals surface area contributed by atoms with E-state index in [0.29, 0.717) is 22.6 Å². The van der Waals surface area contributed by atoms with Crippen molar-refractivity contribution in [2.75, 3.05) is 0 Å². The van der Waals surface area contributed by atoms with Crippen LogP contribution in [0.4, 0.5) is 0 Å². The largest absolute Gasteiger partial charge is 0.318 e. The Balaban J connectivity index is 1.46. The van der Waals surface area contributed by atoms with Crippen molar-refractivity contribution in [1.29, 1.82) is 0 Å². The highest BCUT2D eigenvalue weighted by atomic mass is 31.2. The van der Waals surface area contributed by atoms with Gasteiger partial charge in [-0.3, -0.25) is 0 Å². The Labute approximate surface area is 243 Å². The molecule has 0 amide bonds. The summed E-state index contributed by atoms with van der Waals surface area (Å²) in [5, 5.41) is 5.15. The highest BCUT2D eigenvalue weighted by molar-refractivity contribution is 7.74. The summed E-state index contributed by atoms with van der Waals surface area (Å²) in [6, 6.07) is 9.02. The summed E-state index contributed by atoms with van der Waals surface area (Å²) in [6.07, 6.45) is 26.6. The number of benzene rings is 2. The lowest BCUT2D eigenvalue weighted by molar-refractivity contribution is 0.452. The van der Waals surface area contributed by atoms with E-state index in [4.69, 9.17) is 0 Å². The minimum Gasteiger partial charge on any atom is -0.318 e.